The molecule has 0 atom stereocenters. The summed E-state index contributed by atoms with van der Waals surface area (Å²) in [6.45, 7) is 0.697. The molecular weight excluding hydrogens is 262 g/mol. The molecule has 0 unspecified atom stereocenters. The molecule has 2 aromatic rings. The maximum Gasteiger partial charge on any atom is 0.253 e. The molecule has 21 heavy (non-hydrogen) atoms. The Hall–Kier alpha value is -2.49. The fraction of sp³-hybridized carbons (Fsp3) is 0.235. The van der Waals surface area contributed by atoms with Gasteiger partial charge in [-0.2, -0.15) is 0 Å². The van der Waals surface area contributed by atoms with Crippen molar-refractivity contribution in [3.05, 3.63) is 59.7 Å². The number of rotatable bonds is 5. The van der Waals surface area contributed by atoms with Gasteiger partial charge in [-0.1, -0.05) is 30.3 Å². The first kappa shape index (κ1) is 14.9. The number of carbonyl (C=O) groups is 1. The lowest BCUT2D eigenvalue weighted by Gasteiger charge is -2.17. The van der Waals surface area contributed by atoms with Crippen molar-refractivity contribution < 1.29 is 4.79 Å². The van der Waals surface area contributed by atoms with Crippen LogP contribution in [0.15, 0.2) is 48.5 Å². The third-order valence-corrected chi connectivity index (χ3v) is 3.37. The van der Waals surface area contributed by atoms with E-state index in [-0.39, 0.29) is 5.91 Å². The summed E-state index contributed by atoms with van der Waals surface area (Å²) in [6, 6.07) is 15.2. The quantitative estimate of drug-likeness (QED) is 0.828. The van der Waals surface area contributed by atoms with Gasteiger partial charge in [-0.05, 0) is 36.6 Å². The minimum absolute atomic E-state index is 0.0536. The number of hydrogen-bond donors (Lipinski definition) is 2. The molecule has 4 N–H and O–H groups in total. The normalized spacial score (nSPS) is 10.3. The van der Waals surface area contributed by atoms with Gasteiger partial charge in [0, 0.05) is 30.5 Å². The van der Waals surface area contributed by atoms with E-state index in [9.17, 15) is 4.79 Å². The predicted octanol–water partition coefficient (Wildman–Crippen LogP) is 2.56. The summed E-state index contributed by atoms with van der Waals surface area (Å²) in [6.07, 6.45) is 1.88. The fourth-order valence-corrected chi connectivity index (χ4v) is 2.29. The zero-order chi connectivity index (χ0) is 15.2. The van der Waals surface area contributed by atoms with Gasteiger partial charge in [-0.25, -0.2) is 0 Å². The minimum Gasteiger partial charge on any atom is -0.399 e. The highest BCUT2D eigenvalue weighted by Crippen LogP contribution is 2.15. The molecule has 0 saturated carbocycles. The molecule has 4 nitrogen and oxygen atoms in total. The molecule has 110 valence electrons. The summed E-state index contributed by atoms with van der Waals surface area (Å²) in [5, 5.41) is 0. The Morgan fingerprint density at radius 1 is 1.05 bits per heavy atom. The van der Waals surface area contributed by atoms with Crippen molar-refractivity contribution >= 4 is 17.3 Å². The third kappa shape index (κ3) is 4.24. The van der Waals surface area contributed by atoms with Crippen LogP contribution in [0.4, 0.5) is 11.4 Å². The van der Waals surface area contributed by atoms with E-state index in [1.165, 1.54) is 5.56 Å². The second-order valence-electron chi connectivity index (χ2n) is 5.20. The Morgan fingerprint density at radius 3 is 2.29 bits per heavy atom. The average Bonchev–Trinajstić information content (AvgIpc) is 2.46. The van der Waals surface area contributed by atoms with Gasteiger partial charge in [0.15, 0.2) is 0 Å². The van der Waals surface area contributed by atoms with E-state index in [4.69, 9.17) is 11.5 Å². The highest BCUT2D eigenvalue weighted by Gasteiger charge is 2.12. The zero-order valence-electron chi connectivity index (χ0n) is 12.3. The summed E-state index contributed by atoms with van der Waals surface area (Å²) in [5.41, 5.74) is 14.3. The first-order chi connectivity index (χ1) is 10.1. The predicted molar refractivity (Wildman–Crippen MR) is 87.0 cm³/mol. The van der Waals surface area contributed by atoms with Crippen LogP contribution in [0.1, 0.15) is 22.3 Å². The summed E-state index contributed by atoms with van der Waals surface area (Å²) in [5.74, 6) is -0.0536. The van der Waals surface area contributed by atoms with Crippen molar-refractivity contribution in [1.29, 1.82) is 0 Å². The lowest BCUT2D eigenvalue weighted by molar-refractivity contribution is 0.0793. The number of nitrogens with two attached hydrogens (primary N) is 2. The Balaban J connectivity index is 1.90. The van der Waals surface area contributed by atoms with Crippen molar-refractivity contribution in [2.45, 2.75) is 12.8 Å². The van der Waals surface area contributed by atoms with E-state index in [0.717, 1.165) is 12.8 Å². The van der Waals surface area contributed by atoms with Crippen molar-refractivity contribution in [2.75, 3.05) is 25.1 Å². The van der Waals surface area contributed by atoms with E-state index < -0.39 is 0 Å². The summed E-state index contributed by atoms with van der Waals surface area (Å²) in [4.78, 5) is 14.0. The first-order valence-corrected chi connectivity index (χ1v) is 7.01. The topological polar surface area (TPSA) is 72.3 Å². The Labute approximate surface area is 125 Å². The number of hydrogen-bond acceptors (Lipinski definition) is 3. The molecule has 0 saturated heterocycles. The number of nitrogens with zero attached hydrogens (tertiary/aromatic N) is 1. The first-order valence-electron chi connectivity index (χ1n) is 7.01. The van der Waals surface area contributed by atoms with Gasteiger partial charge < -0.3 is 16.4 Å². The van der Waals surface area contributed by atoms with Gasteiger partial charge in [-0.3, -0.25) is 4.79 Å². The molecule has 0 heterocycles. The van der Waals surface area contributed by atoms with E-state index in [2.05, 4.69) is 12.1 Å². The molecule has 0 bridgehead atoms. The van der Waals surface area contributed by atoms with Crippen LogP contribution >= 0.6 is 0 Å². The standard InChI is InChI=1S/C17H21N3O/c1-20(9-5-8-13-6-3-2-4-7-13)17(21)14-10-15(18)12-16(19)11-14/h2-4,6-7,10-12H,5,8-9,18-19H2,1H3. The van der Waals surface area contributed by atoms with E-state index in [1.807, 2.05) is 18.2 Å². The molecule has 0 aliphatic heterocycles. The maximum atomic E-state index is 12.3. The highest BCUT2D eigenvalue weighted by atomic mass is 16.2. The van der Waals surface area contributed by atoms with Crippen LogP contribution in [0.3, 0.4) is 0 Å². The lowest BCUT2D eigenvalue weighted by atomic mass is 10.1. The van der Waals surface area contributed by atoms with Crippen LogP contribution in [0.25, 0.3) is 0 Å². The molecule has 0 fully saturated rings. The number of aryl methyl sites for hydroxylation is 1. The third-order valence-electron chi connectivity index (χ3n) is 3.37. The van der Waals surface area contributed by atoms with Crippen molar-refractivity contribution in [2.24, 2.45) is 0 Å². The van der Waals surface area contributed by atoms with Gasteiger partial charge in [0.1, 0.15) is 0 Å². The van der Waals surface area contributed by atoms with Gasteiger partial charge in [0.05, 0.1) is 0 Å². The van der Waals surface area contributed by atoms with Crippen LogP contribution in [-0.2, 0) is 6.42 Å². The molecule has 0 aromatic heterocycles. The van der Waals surface area contributed by atoms with E-state index in [0.29, 0.717) is 23.5 Å². The largest absolute Gasteiger partial charge is 0.399 e. The maximum absolute atomic E-state index is 12.3. The average molecular weight is 283 g/mol. The second kappa shape index (κ2) is 6.79. The Morgan fingerprint density at radius 2 is 1.67 bits per heavy atom. The Bertz CT molecular complexity index is 590. The molecule has 1 amide bonds. The number of carbonyl (C=O) groups excluding carboxylic acids is 1. The molecular formula is C17H21N3O. The summed E-state index contributed by atoms with van der Waals surface area (Å²) in [7, 11) is 1.80. The zero-order valence-corrected chi connectivity index (χ0v) is 12.3. The van der Waals surface area contributed by atoms with Gasteiger partial charge in [-0.15, -0.1) is 0 Å². The smallest absolute Gasteiger partial charge is 0.253 e. The van der Waals surface area contributed by atoms with Crippen molar-refractivity contribution in [3.63, 3.8) is 0 Å². The highest BCUT2D eigenvalue weighted by molar-refractivity contribution is 5.95. The molecule has 4 heteroatoms. The van der Waals surface area contributed by atoms with Crippen LogP contribution < -0.4 is 11.5 Å². The molecule has 0 aliphatic rings. The summed E-state index contributed by atoms with van der Waals surface area (Å²) < 4.78 is 0. The molecule has 2 aromatic carbocycles. The van der Waals surface area contributed by atoms with E-state index >= 15 is 0 Å². The molecule has 0 radical (unpaired) electrons. The molecule has 0 aliphatic carbocycles. The Kier molecular flexibility index (Phi) is 4.82. The van der Waals surface area contributed by atoms with Crippen LogP contribution in [0.5, 0.6) is 0 Å². The lowest BCUT2D eigenvalue weighted by Crippen LogP contribution is -2.28. The molecule has 2 rings (SSSR count). The van der Waals surface area contributed by atoms with Crippen LogP contribution in [0, 0.1) is 0 Å². The van der Waals surface area contributed by atoms with Gasteiger partial charge in [0.25, 0.3) is 5.91 Å². The minimum atomic E-state index is -0.0536. The number of amides is 1. The van der Waals surface area contributed by atoms with Crippen molar-refractivity contribution in [3.8, 4) is 0 Å². The monoisotopic (exact) mass is 283 g/mol. The number of anilines is 2. The van der Waals surface area contributed by atoms with Gasteiger partial charge in [0.2, 0.25) is 0 Å². The summed E-state index contributed by atoms with van der Waals surface area (Å²) >= 11 is 0. The molecule has 0 spiro atoms. The van der Waals surface area contributed by atoms with Crippen molar-refractivity contribution in [1.82, 2.24) is 4.90 Å². The van der Waals surface area contributed by atoms with Crippen LogP contribution in [-0.4, -0.2) is 24.4 Å². The number of benzene rings is 2. The SMILES string of the molecule is CN(CCCc1ccccc1)C(=O)c1cc(N)cc(N)c1. The van der Waals surface area contributed by atoms with E-state index in [1.54, 1.807) is 30.1 Å². The second-order valence-corrected chi connectivity index (χ2v) is 5.20. The number of nitrogen functional groups attached to an aromatic ring is 2. The fourth-order valence-electron chi connectivity index (χ4n) is 2.29. The van der Waals surface area contributed by atoms with Gasteiger partial charge >= 0.3 is 0 Å². The van der Waals surface area contributed by atoms with Crippen LogP contribution in [0.2, 0.25) is 0 Å².